The molecular weight excluding hydrogens is 261 g/mol. The Morgan fingerprint density at radius 1 is 1.30 bits per heavy atom. The SMILES string of the molecule is NC(=O)c1c(F)cnc(N)c1-c1n[nH]c2ccccc12. The van der Waals surface area contributed by atoms with Crippen LogP contribution in [0.5, 0.6) is 0 Å². The normalized spacial score (nSPS) is 10.8. The number of primary amides is 1. The van der Waals surface area contributed by atoms with Gasteiger partial charge in [-0.15, -0.1) is 0 Å². The Balaban J connectivity index is 2.40. The molecule has 0 spiro atoms. The molecule has 0 aliphatic rings. The number of nitrogens with one attached hydrogen (secondary N) is 1. The fourth-order valence-electron chi connectivity index (χ4n) is 2.14. The second-order valence-corrected chi connectivity index (χ2v) is 4.22. The van der Waals surface area contributed by atoms with E-state index in [1.165, 1.54) is 0 Å². The van der Waals surface area contributed by atoms with Crippen molar-refractivity contribution >= 4 is 22.6 Å². The molecule has 0 saturated heterocycles. The van der Waals surface area contributed by atoms with E-state index >= 15 is 0 Å². The van der Waals surface area contributed by atoms with Gasteiger partial charge in [-0.25, -0.2) is 9.37 Å². The summed E-state index contributed by atoms with van der Waals surface area (Å²) in [5.74, 6) is -1.75. The first kappa shape index (κ1) is 12.1. The summed E-state index contributed by atoms with van der Waals surface area (Å²) in [5, 5.41) is 7.59. The van der Waals surface area contributed by atoms with Gasteiger partial charge in [-0.2, -0.15) is 5.10 Å². The number of aromatic nitrogens is 3. The lowest BCUT2D eigenvalue weighted by Crippen LogP contribution is -2.16. The van der Waals surface area contributed by atoms with Crippen molar-refractivity contribution in [2.24, 2.45) is 5.73 Å². The van der Waals surface area contributed by atoms with E-state index in [-0.39, 0.29) is 16.9 Å². The van der Waals surface area contributed by atoms with Gasteiger partial charge in [-0.05, 0) is 6.07 Å². The average molecular weight is 271 g/mol. The van der Waals surface area contributed by atoms with E-state index in [0.29, 0.717) is 11.1 Å². The van der Waals surface area contributed by atoms with Gasteiger partial charge in [0.2, 0.25) is 0 Å². The second kappa shape index (κ2) is 4.30. The Labute approximate surface area is 112 Å². The molecule has 5 N–H and O–H groups in total. The van der Waals surface area contributed by atoms with Gasteiger partial charge in [0, 0.05) is 5.39 Å². The first-order chi connectivity index (χ1) is 9.59. The molecule has 1 aromatic carbocycles. The van der Waals surface area contributed by atoms with E-state index in [2.05, 4.69) is 15.2 Å². The van der Waals surface area contributed by atoms with Crippen molar-refractivity contribution in [2.45, 2.75) is 0 Å². The lowest BCUT2D eigenvalue weighted by Gasteiger charge is -2.08. The van der Waals surface area contributed by atoms with Gasteiger partial charge in [0.1, 0.15) is 11.5 Å². The zero-order chi connectivity index (χ0) is 14.3. The van der Waals surface area contributed by atoms with Crippen LogP contribution in [0, 0.1) is 5.82 Å². The fraction of sp³-hybridized carbons (Fsp3) is 0. The number of anilines is 1. The van der Waals surface area contributed by atoms with Gasteiger partial charge in [-0.1, -0.05) is 18.2 Å². The number of hydrogen-bond acceptors (Lipinski definition) is 4. The van der Waals surface area contributed by atoms with Crippen LogP contribution in [-0.4, -0.2) is 21.1 Å². The van der Waals surface area contributed by atoms with Crippen LogP contribution in [0.25, 0.3) is 22.2 Å². The van der Waals surface area contributed by atoms with Crippen molar-refractivity contribution in [2.75, 3.05) is 5.73 Å². The summed E-state index contributed by atoms with van der Waals surface area (Å²) in [6.07, 6.45) is 0.869. The van der Waals surface area contributed by atoms with Crippen molar-refractivity contribution in [1.29, 1.82) is 0 Å². The number of pyridine rings is 1. The lowest BCUT2D eigenvalue weighted by molar-refractivity contribution is 0.0997. The Hall–Kier alpha value is -2.96. The third-order valence-electron chi connectivity index (χ3n) is 3.02. The molecule has 3 rings (SSSR count). The van der Waals surface area contributed by atoms with Crippen LogP contribution in [0.1, 0.15) is 10.4 Å². The number of H-pyrrole nitrogens is 1. The Bertz CT molecular complexity index is 827. The maximum absolute atomic E-state index is 13.8. The van der Waals surface area contributed by atoms with Crippen LogP contribution in [0.2, 0.25) is 0 Å². The molecular formula is C13H10FN5O. The van der Waals surface area contributed by atoms with Gasteiger partial charge in [-0.3, -0.25) is 9.89 Å². The number of para-hydroxylation sites is 1. The first-order valence-electron chi connectivity index (χ1n) is 5.77. The Kier molecular flexibility index (Phi) is 2.60. The molecule has 3 aromatic rings. The number of carbonyl (C=O) groups excluding carboxylic acids is 1. The first-order valence-corrected chi connectivity index (χ1v) is 5.77. The van der Waals surface area contributed by atoms with Crippen LogP contribution in [0.3, 0.4) is 0 Å². The molecule has 20 heavy (non-hydrogen) atoms. The minimum absolute atomic E-state index is 0.00236. The molecule has 0 aliphatic carbocycles. The van der Waals surface area contributed by atoms with Gasteiger partial charge >= 0.3 is 0 Å². The summed E-state index contributed by atoms with van der Waals surface area (Å²) in [6.45, 7) is 0. The maximum atomic E-state index is 13.8. The summed E-state index contributed by atoms with van der Waals surface area (Å²) in [6, 6.07) is 7.21. The summed E-state index contributed by atoms with van der Waals surface area (Å²) in [7, 11) is 0. The van der Waals surface area contributed by atoms with E-state index in [4.69, 9.17) is 11.5 Å². The maximum Gasteiger partial charge on any atom is 0.252 e. The largest absolute Gasteiger partial charge is 0.383 e. The van der Waals surface area contributed by atoms with Crippen molar-refractivity contribution in [1.82, 2.24) is 15.2 Å². The number of fused-ring (bicyclic) bond motifs is 1. The summed E-state index contributed by atoms with van der Waals surface area (Å²) in [5.41, 5.74) is 11.9. The number of nitrogens with zero attached hydrogens (tertiary/aromatic N) is 2. The molecule has 0 aliphatic heterocycles. The Morgan fingerprint density at radius 2 is 2.05 bits per heavy atom. The number of aromatic amines is 1. The van der Waals surface area contributed by atoms with E-state index in [9.17, 15) is 9.18 Å². The van der Waals surface area contributed by atoms with Gasteiger partial charge in [0.15, 0.2) is 5.82 Å². The van der Waals surface area contributed by atoms with Crippen molar-refractivity contribution in [3.05, 3.63) is 41.8 Å². The van der Waals surface area contributed by atoms with Gasteiger partial charge in [0.25, 0.3) is 5.91 Å². The quantitative estimate of drug-likeness (QED) is 0.654. The monoisotopic (exact) mass is 271 g/mol. The van der Waals surface area contributed by atoms with Crippen LogP contribution < -0.4 is 11.5 Å². The van der Waals surface area contributed by atoms with Crippen molar-refractivity contribution < 1.29 is 9.18 Å². The zero-order valence-corrected chi connectivity index (χ0v) is 10.2. The number of nitrogen functional groups attached to an aromatic ring is 1. The summed E-state index contributed by atoms with van der Waals surface area (Å²) >= 11 is 0. The molecule has 2 aromatic heterocycles. The van der Waals surface area contributed by atoms with Crippen molar-refractivity contribution in [3.8, 4) is 11.3 Å². The number of benzene rings is 1. The number of amides is 1. The third kappa shape index (κ3) is 1.68. The molecule has 7 heteroatoms. The number of nitrogens with two attached hydrogens (primary N) is 2. The molecule has 0 atom stereocenters. The molecule has 100 valence electrons. The molecule has 2 heterocycles. The molecule has 0 bridgehead atoms. The molecule has 0 fully saturated rings. The van der Waals surface area contributed by atoms with Crippen LogP contribution in [0.4, 0.5) is 10.2 Å². The predicted octanol–water partition coefficient (Wildman–Crippen LogP) is 1.45. The molecule has 0 unspecified atom stereocenters. The number of halogens is 1. The highest BCUT2D eigenvalue weighted by atomic mass is 19.1. The van der Waals surface area contributed by atoms with Crippen LogP contribution >= 0.6 is 0 Å². The average Bonchev–Trinajstić information content (AvgIpc) is 2.84. The van der Waals surface area contributed by atoms with Crippen LogP contribution in [-0.2, 0) is 0 Å². The Morgan fingerprint density at radius 3 is 2.80 bits per heavy atom. The molecule has 1 amide bonds. The summed E-state index contributed by atoms with van der Waals surface area (Å²) in [4.78, 5) is 15.2. The minimum Gasteiger partial charge on any atom is -0.383 e. The van der Waals surface area contributed by atoms with Crippen molar-refractivity contribution in [3.63, 3.8) is 0 Å². The van der Waals surface area contributed by atoms with E-state index < -0.39 is 11.7 Å². The highest BCUT2D eigenvalue weighted by molar-refractivity contribution is 6.06. The minimum atomic E-state index is -0.918. The summed E-state index contributed by atoms with van der Waals surface area (Å²) < 4.78 is 13.8. The van der Waals surface area contributed by atoms with Gasteiger partial charge < -0.3 is 11.5 Å². The molecule has 0 radical (unpaired) electrons. The molecule has 0 saturated carbocycles. The topological polar surface area (TPSA) is 111 Å². The van der Waals surface area contributed by atoms with E-state index in [0.717, 1.165) is 11.7 Å². The highest BCUT2D eigenvalue weighted by Gasteiger charge is 2.22. The molecule has 6 nitrogen and oxygen atoms in total. The number of rotatable bonds is 2. The fourth-order valence-corrected chi connectivity index (χ4v) is 2.14. The van der Waals surface area contributed by atoms with E-state index in [1.54, 1.807) is 18.2 Å². The van der Waals surface area contributed by atoms with E-state index in [1.807, 2.05) is 6.07 Å². The third-order valence-corrected chi connectivity index (χ3v) is 3.02. The van der Waals surface area contributed by atoms with Crippen LogP contribution in [0.15, 0.2) is 30.5 Å². The standard InChI is InChI=1S/C13H10FN5O/c14-7-5-17-12(15)10(9(7)13(16)20)11-6-3-1-2-4-8(6)18-19-11/h1-5H,(H2,15,17)(H2,16,20)(H,18,19). The highest BCUT2D eigenvalue weighted by Crippen LogP contribution is 2.33. The zero-order valence-electron chi connectivity index (χ0n) is 10.2. The number of carbonyl (C=O) groups is 1. The number of hydrogen-bond donors (Lipinski definition) is 3. The second-order valence-electron chi connectivity index (χ2n) is 4.22. The predicted molar refractivity (Wildman–Crippen MR) is 72.2 cm³/mol. The lowest BCUT2D eigenvalue weighted by atomic mass is 10.0. The smallest absolute Gasteiger partial charge is 0.252 e. The van der Waals surface area contributed by atoms with Gasteiger partial charge in [0.05, 0.1) is 22.8 Å².